The van der Waals surface area contributed by atoms with Gasteiger partial charge in [0, 0.05) is 13.3 Å². The first-order chi connectivity index (χ1) is 16.6. The fourth-order valence-electron chi connectivity index (χ4n) is 2.66. The highest BCUT2D eigenvalue weighted by Gasteiger charge is 2.22. The van der Waals surface area contributed by atoms with Gasteiger partial charge in [0.25, 0.3) is 0 Å². The molecule has 0 radical (unpaired) electrons. The molecule has 2 atom stereocenters. The molecule has 0 aliphatic heterocycles. The molecule has 0 aromatic heterocycles. The third kappa shape index (κ3) is 24.9. The Morgan fingerprint density at radius 1 is 0.886 bits per heavy atom. The molecule has 0 aromatic carbocycles. The zero-order valence-corrected chi connectivity index (χ0v) is 21.7. The monoisotopic (exact) mass is 516 g/mol. The summed E-state index contributed by atoms with van der Waals surface area (Å²) in [7, 11) is -4.73. The largest absolute Gasteiger partial charge is 0.469 e. The Bertz CT molecular complexity index is 737. The second kappa shape index (κ2) is 21.3. The Kier molecular flexibility index (Phi) is 20.0. The molecule has 0 heterocycles. The molecule has 0 bridgehead atoms. The number of hydrogen-bond acceptors (Lipinski definition) is 7. The van der Waals surface area contributed by atoms with Crippen LogP contribution in [-0.4, -0.2) is 52.3 Å². The van der Waals surface area contributed by atoms with Gasteiger partial charge < -0.3 is 24.4 Å². The average Bonchev–Trinajstić information content (AvgIpc) is 2.79. The van der Waals surface area contributed by atoms with Gasteiger partial charge in [-0.15, -0.1) is 0 Å². The molecule has 3 N–H and O–H groups in total. The lowest BCUT2D eigenvalue weighted by atomic mass is 10.1. The van der Waals surface area contributed by atoms with Gasteiger partial charge in [-0.1, -0.05) is 55.5 Å². The summed E-state index contributed by atoms with van der Waals surface area (Å²) in [5.74, 6) is -1.17. The molecular weight excluding hydrogens is 475 g/mol. The third-order valence-electron chi connectivity index (χ3n) is 4.57. The summed E-state index contributed by atoms with van der Waals surface area (Å²) in [5, 5.41) is 9.46. The smallest absolute Gasteiger partial charge is 0.462 e. The number of hydrogen-bond donors (Lipinski definition) is 3. The minimum Gasteiger partial charge on any atom is -0.462 e. The van der Waals surface area contributed by atoms with Gasteiger partial charge in [-0.25, -0.2) is 4.57 Å². The number of rotatable bonds is 20. The first-order valence-corrected chi connectivity index (χ1v) is 13.5. The number of aliphatic hydroxyl groups is 1. The second-order valence-electron chi connectivity index (χ2n) is 7.83. The lowest BCUT2D eigenvalue weighted by molar-refractivity contribution is -0.160. The number of phosphoric acid groups is 1. The topological polar surface area (TPSA) is 140 Å². The van der Waals surface area contributed by atoms with Crippen molar-refractivity contribution in [3.63, 3.8) is 0 Å². The molecule has 0 amide bonds. The highest BCUT2D eigenvalue weighted by atomic mass is 31.2. The van der Waals surface area contributed by atoms with Gasteiger partial charge in [-0.2, -0.15) is 0 Å². The van der Waals surface area contributed by atoms with Crippen molar-refractivity contribution in [2.75, 3.05) is 13.2 Å². The molecule has 0 fully saturated rings. The van der Waals surface area contributed by atoms with Gasteiger partial charge in [-0.05, 0) is 51.4 Å². The summed E-state index contributed by atoms with van der Waals surface area (Å²) in [4.78, 5) is 40.4. The Morgan fingerprint density at radius 2 is 1.43 bits per heavy atom. The molecule has 35 heavy (non-hydrogen) atoms. The van der Waals surface area contributed by atoms with Crippen molar-refractivity contribution in [2.45, 2.75) is 83.8 Å². The van der Waals surface area contributed by atoms with Gasteiger partial charge in [0.2, 0.25) is 0 Å². The summed E-state index contributed by atoms with van der Waals surface area (Å²) < 4.78 is 25.0. The molecule has 10 heteroatoms. The van der Waals surface area contributed by atoms with Crippen molar-refractivity contribution in [1.82, 2.24) is 0 Å². The molecule has 200 valence electrons. The number of esters is 2. The van der Waals surface area contributed by atoms with E-state index in [9.17, 15) is 19.3 Å². The first kappa shape index (κ1) is 33.0. The Morgan fingerprint density at radius 3 is 1.94 bits per heavy atom. The van der Waals surface area contributed by atoms with Crippen molar-refractivity contribution in [1.29, 1.82) is 0 Å². The van der Waals surface area contributed by atoms with Crippen LogP contribution in [0.2, 0.25) is 0 Å². The number of allylic oxidation sites excluding steroid dienone is 8. The Balaban J connectivity index is 3.95. The van der Waals surface area contributed by atoms with E-state index in [4.69, 9.17) is 19.3 Å². The zero-order chi connectivity index (χ0) is 26.4. The van der Waals surface area contributed by atoms with Crippen molar-refractivity contribution < 1.29 is 43.0 Å². The molecule has 0 saturated carbocycles. The van der Waals surface area contributed by atoms with Crippen LogP contribution in [0.3, 0.4) is 0 Å². The molecule has 9 nitrogen and oxygen atoms in total. The Hall–Kier alpha value is -2.03. The van der Waals surface area contributed by atoms with Crippen LogP contribution in [0.25, 0.3) is 0 Å². The van der Waals surface area contributed by atoms with Crippen LogP contribution < -0.4 is 0 Å². The van der Waals surface area contributed by atoms with E-state index in [1.165, 1.54) is 6.92 Å². The van der Waals surface area contributed by atoms with Crippen LogP contribution in [0.5, 0.6) is 0 Å². The van der Waals surface area contributed by atoms with E-state index in [0.29, 0.717) is 12.8 Å². The molecule has 0 rings (SSSR count). The second-order valence-corrected chi connectivity index (χ2v) is 9.06. The van der Waals surface area contributed by atoms with E-state index in [2.05, 4.69) is 41.0 Å². The fourth-order valence-corrected chi connectivity index (χ4v) is 3.02. The van der Waals surface area contributed by atoms with E-state index in [-0.39, 0.29) is 19.1 Å². The quantitative estimate of drug-likeness (QED) is 0.0910. The van der Waals surface area contributed by atoms with Crippen molar-refractivity contribution in [3.05, 3.63) is 48.6 Å². The summed E-state index contributed by atoms with van der Waals surface area (Å²) in [6.07, 6.45) is 21.7. The van der Waals surface area contributed by atoms with Crippen LogP contribution in [0.15, 0.2) is 48.6 Å². The molecule has 0 aliphatic carbocycles. The predicted molar refractivity (Wildman–Crippen MR) is 134 cm³/mol. The minimum absolute atomic E-state index is 0.116. The normalized spacial score (nSPS) is 14.3. The van der Waals surface area contributed by atoms with Gasteiger partial charge in [0.15, 0.2) is 6.10 Å². The number of carbonyl (C=O) groups excluding carboxylic acids is 2. The number of ether oxygens (including phenoxy) is 2. The maximum absolute atomic E-state index is 11.9. The SMILES string of the molecule is CC[C@@H](O)CC/C=C\C/C=C\C/C=C\C/C=C\CCCC(=O)O[C@H](COC(C)=O)COP(=O)(O)O. The van der Waals surface area contributed by atoms with Crippen molar-refractivity contribution >= 4 is 19.8 Å². The van der Waals surface area contributed by atoms with E-state index < -0.39 is 32.5 Å². The lowest BCUT2D eigenvalue weighted by Gasteiger charge is -2.17. The van der Waals surface area contributed by atoms with E-state index in [0.717, 1.165) is 38.5 Å². The van der Waals surface area contributed by atoms with Gasteiger partial charge in [0.1, 0.15) is 6.61 Å². The molecule has 0 spiro atoms. The highest BCUT2D eigenvalue weighted by molar-refractivity contribution is 7.46. The summed E-state index contributed by atoms with van der Waals surface area (Å²) >= 11 is 0. The van der Waals surface area contributed by atoms with Gasteiger partial charge in [0.05, 0.1) is 12.7 Å². The number of aliphatic hydroxyl groups excluding tert-OH is 1. The first-order valence-electron chi connectivity index (χ1n) is 11.9. The standard InChI is InChI=1S/C25H41O9P/c1-3-23(27)18-16-14-12-10-8-6-4-5-7-9-11-13-15-17-19-25(28)34-24(20-32-22(2)26)21-33-35(29,30)31/h5-8,11-14,23-24,27H,3-4,9-10,15-21H2,1-2H3,(H2,29,30,31)/b7-5-,8-6-,13-11-,14-12-/t23-,24-/m1/s1. The summed E-state index contributed by atoms with van der Waals surface area (Å²) in [5.41, 5.74) is 0. The number of carbonyl (C=O) groups is 2. The van der Waals surface area contributed by atoms with Crippen LogP contribution in [0.4, 0.5) is 0 Å². The van der Waals surface area contributed by atoms with E-state index >= 15 is 0 Å². The maximum atomic E-state index is 11.9. The van der Waals surface area contributed by atoms with Gasteiger partial charge >= 0.3 is 19.8 Å². The lowest BCUT2D eigenvalue weighted by Crippen LogP contribution is -2.29. The fraction of sp³-hybridized carbons (Fsp3) is 0.600. The third-order valence-corrected chi connectivity index (χ3v) is 5.06. The molecule has 0 saturated heterocycles. The van der Waals surface area contributed by atoms with Crippen LogP contribution >= 0.6 is 7.82 Å². The predicted octanol–water partition coefficient (Wildman–Crippen LogP) is 4.69. The summed E-state index contributed by atoms with van der Waals surface area (Å²) in [6, 6.07) is 0. The molecule has 0 unspecified atom stereocenters. The zero-order valence-electron chi connectivity index (χ0n) is 20.8. The van der Waals surface area contributed by atoms with Crippen molar-refractivity contribution in [2.24, 2.45) is 0 Å². The maximum Gasteiger partial charge on any atom is 0.469 e. The van der Waals surface area contributed by atoms with Crippen LogP contribution in [0, 0.1) is 0 Å². The molecule has 0 aliphatic rings. The molecule has 0 aromatic rings. The van der Waals surface area contributed by atoms with Crippen LogP contribution in [0.1, 0.15) is 71.6 Å². The molecular formula is C25H41O9P. The highest BCUT2D eigenvalue weighted by Crippen LogP contribution is 2.35. The Labute approximate surface area is 208 Å². The minimum atomic E-state index is -4.73. The van der Waals surface area contributed by atoms with E-state index in [1.807, 2.05) is 19.1 Å². The van der Waals surface area contributed by atoms with Crippen LogP contribution in [-0.2, 0) is 28.2 Å². The van der Waals surface area contributed by atoms with Gasteiger partial charge in [-0.3, -0.25) is 14.1 Å². The van der Waals surface area contributed by atoms with Crippen molar-refractivity contribution in [3.8, 4) is 0 Å². The summed E-state index contributed by atoms with van der Waals surface area (Å²) in [6.45, 7) is 2.23. The average molecular weight is 517 g/mol. The van der Waals surface area contributed by atoms with E-state index in [1.54, 1.807) is 0 Å². The number of phosphoric ester groups is 1. The number of unbranched alkanes of at least 4 members (excludes halogenated alkanes) is 1.